The van der Waals surface area contributed by atoms with E-state index >= 15 is 0 Å². The summed E-state index contributed by atoms with van der Waals surface area (Å²) in [4.78, 5) is 0. The Balaban J connectivity index is 0. The van der Waals surface area contributed by atoms with Crippen molar-refractivity contribution in [3.05, 3.63) is 35.9 Å². The SMILES string of the molecule is C1=Cc2ccccc2OC1.[Al].[Fe].[Mo]. The summed E-state index contributed by atoms with van der Waals surface area (Å²) in [5, 5.41) is 0. The molecule has 1 nitrogen and oxygen atoms in total. The van der Waals surface area contributed by atoms with Crippen molar-refractivity contribution in [1.82, 2.24) is 0 Å². The largest absolute Gasteiger partial charge is 0.489 e. The maximum atomic E-state index is 5.34. The number of para-hydroxylation sites is 1. The first-order chi connectivity index (χ1) is 4.97. The summed E-state index contributed by atoms with van der Waals surface area (Å²) < 4.78 is 5.34. The Morgan fingerprint density at radius 1 is 1.15 bits per heavy atom. The van der Waals surface area contributed by atoms with E-state index in [-0.39, 0.29) is 55.5 Å². The maximum absolute atomic E-state index is 5.34. The minimum absolute atomic E-state index is 0. The van der Waals surface area contributed by atoms with Gasteiger partial charge in [-0.25, -0.2) is 0 Å². The number of benzene rings is 1. The summed E-state index contributed by atoms with van der Waals surface area (Å²) in [6.45, 7) is 0.705. The average molecular weight is 311 g/mol. The van der Waals surface area contributed by atoms with Gasteiger partial charge in [0.25, 0.3) is 0 Å². The first-order valence-corrected chi connectivity index (χ1v) is 3.35. The summed E-state index contributed by atoms with van der Waals surface area (Å²) in [7, 11) is 0. The van der Waals surface area contributed by atoms with Crippen molar-refractivity contribution in [2.45, 2.75) is 0 Å². The Morgan fingerprint density at radius 3 is 2.54 bits per heavy atom. The zero-order valence-electron chi connectivity index (χ0n) is 6.92. The van der Waals surface area contributed by atoms with Gasteiger partial charge in [0.2, 0.25) is 0 Å². The molecule has 0 atom stereocenters. The standard InChI is InChI=1S/C9H8O.Al.Fe.Mo/c1-2-6-9-8(4-1)5-3-7-10-9;;;/h1-6H,7H2;;;. The van der Waals surface area contributed by atoms with Crippen molar-refractivity contribution in [3.8, 4) is 5.75 Å². The molecule has 0 N–H and O–H groups in total. The van der Waals surface area contributed by atoms with Gasteiger partial charge in [-0.3, -0.25) is 0 Å². The summed E-state index contributed by atoms with van der Waals surface area (Å²) in [5.74, 6) is 0.991. The van der Waals surface area contributed by atoms with Crippen LogP contribution in [0.5, 0.6) is 5.75 Å². The molecule has 1 aromatic rings. The van der Waals surface area contributed by atoms with E-state index in [2.05, 4.69) is 6.08 Å². The Morgan fingerprint density at radius 2 is 1.85 bits per heavy atom. The summed E-state index contributed by atoms with van der Waals surface area (Å²) >= 11 is 0. The molecule has 0 spiro atoms. The fourth-order valence-corrected chi connectivity index (χ4v) is 1.06. The van der Waals surface area contributed by atoms with Gasteiger partial charge in [-0.05, 0) is 12.1 Å². The molecule has 0 saturated carbocycles. The fourth-order valence-electron chi connectivity index (χ4n) is 1.06. The minimum atomic E-state index is 0. The quantitative estimate of drug-likeness (QED) is 0.663. The molecule has 0 aromatic heterocycles. The summed E-state index contributed by atoms with van der Waals surface area (Å²) in [6, 6.07) is 8.03. The van der Waals surface area contributed by atoms with E-state index in [4.69, 9.17) is 4.74 Å². The Hall–Kier alpha value is 0.500. The monoisotopic (exact) mass is 313 g/mol. The van der Waals surface area contributed by atoms with Gasteiger partial charge in [0, 0.05) is 61.1 Å². The van der Waals surface area contributed by atoms with Crippen LogP contribution in [0, 0.1) is 0 Å². The normalized spacial score (nSPS) is 10.8. The van der Waals surface area contributed by atoms with Crippen LogP contribution in [-0.4, -0.2) is 24.0 Å². The van der Waals surface area contributed by atoms with Gasteiger partial charge in [0.15, 0.2) is 0 Å². The molecular weight excluding hydrogens is 303 g/mol. The van der Waals surface area contributed by atoms with Crippen molar-refractivity contribution in [1.29, 1.82) is 0 Å². The van der Waals surface area contributed by atoms with Crippen LogP contribution in [0.4, 0.5) is 0 Å². The third-order valence-electron chi connectivity index (χ3n) is 1.55. The zero-order valence-corrected chi connectivity index (χ0v) is 11.2. The van der Waals surface area contributed by atoms with Crippen molar-refractivity contribution in [2.24, 2.45) is 0 Å². The van der Waals surface area contributed by atoms with Gasteiger partial charge >= 0.3 is 0 Å². The topological polar surface area (TPSA) is 9.23 Å². The van der Waals surface area contributed by atoms with Crippen LogP contribution in [0.1, 0.15) is 5.56 Å². The molecule has 1 aromatic carbocycles. The Bertz CT molecular complexity index is 278. The van der Waals surface area contributed by atoms with E-state index in [1.54, 1.807) is 0 Å². The molecule has 0 saturated heterocycles. The second kappa shape index (κ2) is 7.86. The number of hydrogen-bond acceptors (Lipinski definition) is 1. The third kappa shape index (κ3) is 4.03. The molecule has 3 radical (unpaired) electrons. The van der Waals surface area contributed by atoms with Gasteiger partial charge < -0.3 is 4.74 Å². The molecule has 13 heavy (non-hydrogen) atoms. The van der Waals surface area contributed by atoms with E-state index < -0.39 is 0 Å². The van der Waals surface area contributed by atoms with Gasteiger partial charge in [-0.15, -0.1) is 0 Å². The second-order valence-electron chi connectivity index (χ2n) is 2.25. The van der Waals surface area contributed by atoms with Crippen LogP contribution in [0.2, 0.25) is 0 Å². The fraction of sp³-hybridized carbons (Fsp3) is 0.111. The third-order valence-corrected chi connectivity index (χ3v) is 1.55. The summed E-state index contributed by atoms with van der Waals surface area (Å²) in [6.07, 6.45) is 4.10. The Labute approximate surface area is 114 Å². The van der Waals surface area contributed by atoms with Crippen LogP contribution in [0.25, 0.3) is 6.08 Å². The number of rotatable bonds is 0. The van der Waals surface area contributed by atoms with Crippen LogP contribution in [-0.2, 0) is 38.1 Å². The molecule has 1 aliphatic heterocycles. The van der Waals surface area contributed by atoms with E-state index in [9.17, 15) is 0 Å². The molecule has 2 rings (SSSR count). The van der Waals surface area contributed by atoms with E-state index in [0.29, 0.717) is 6.61 Å². The number of fused-ring (bicyclic) bond motifs is 1. The Kier molecular flexibility index (Phi) is 9.65. The molecule has 0 amide bonds. The first kappa shape index (κ1) is 16.0. The number of ether oxygens (including phenoxy) is 1. The van der Waals surface area contributed by atoms with E-state index in [0.717, 1.165) is 5.75 Å². The van der Waals surface area contributed by atoms with Crippen molar-refractivity contribution < 1.29 is 42.9 Å². The first-order valence-electron chi connectivity index (χ1n) is 3.35. The van der Waals surface area contributed by atoms with Crippen molar-refractivity contribution in [2.75, 3.05) is 6.61 Å². The second-order valence-corrected chi connectivity index (χ2v) is 2.25. The van der Waals surface area contributed by atoms with E-state index in [1.807, 2.05) is 30.3 Å². The smallest absolute Gasteiger partial charge is 0.126 e. The van der Waals surface area contributed by atoms with Crippen LogP contribution in [0.15, 0.2) is 30.3 Å². The zero-order chi connectivity index (χ0) is 6.81. The van der Waals surface area contributed by atoms with E-state index in [1.165, 1.54) is 5.56 Å². The molecule has 0 fully saturated rings. The van der Waals surface area contributed by atoms with Gasteiger partial charge in [-0.2, -0.15) is 0 Å². The molecule has 4 heteroatoms. The molecular formula is C9H8AlFeMoO. The predicted octanol–water partition coefficient (Wildman–Crippen LogP) is 1.71. The van der Waals surface area contributed by atoms with Crippen molar-refractivity contribution >= 4 is 23.4 Å². The van der Waals surface area contributed by atoms with Gasteiger partial charge in [0.05, 0.1) is 0 Å². The minimum Gasteiger partial charge on any atom is -0.489 e. The van der Waals surface area contributed by atoms with Gasteiger partial charge in [0.1, 0.15) is 12.4 Å². The van der Waals surface area contributed by atoms with Crippen molar-refractivity contribution in [3.63, 3.8) is 0 Å². The maximum Gasteiger partial charge on any atom is 0.126 e. The van der Waals surface area contributed by atoms with Crippen LogP contribution < -0.4 is 4.74 Å². The molecule has 0 unspecified atom stereocenters. The van der Waals surface area contributed by atoms with Gasteiger partial charge in [-0.1, -0.05) is 24.3 Å². The molecule has 1 aliphatic rings. The molecule has 1 heterocycles. The number of hydrogen-bond donors (Lipinski definition) is 0. The molecule has 0 aliphatic carbocycles. The predicted molar refractivity (Wildman–Crippen MR) is 46.7 cm³/mol. The molecule has 0 bridgehead atoms. The average Bonchev–Trinajstić information content (AvgIpc) is 2.05. The summed E-state index contributed by atoms with van der Waals surface area (Å²) in [5.41, 5.74) is 1.17. The molecule has 67 valence electrons. The van der Waals surface area contributed by atoms with Crippen LogP contribution in [0.3, 0.4) is 0 Å². The van der Waals surface area contributed by atoms with Crippen LogP contribution >= 0.6 is 0 Å².